The molecule has 8 fully saturated rings. The number of rotatable bonds is 26. The number of hydrogen-bond acceptors (Lipinski definition) is 24. The molecule has 0 spiro atoms. The molecule has 4 saturated carbocycles. The van der Waals surface area contributed by atoms with Crippen molar-refractivity contribution in [3.05, 3.63) is 95.6 Å². The number of carbonyl (C=O) groups is 14. The highest BCUT2D eigenvalue weighted by atomic mass is 32.2. The van der Waals surface area contributed by atoms with Crippen LogP contribution in [0.5, 0.6) is 0 Å². The van der Waals surface area contributed by atoms with Crippen molar-refractivity contribution < 1.29 is 121 Å². The summed E-state index contributed by atoms with van der Waals surface area (Å²) in [6, 6.07) is 3.30. The minimum Gasteiger partial charge on any atom is -0.452 e. The standard InChI is InChI=1S/2C37H47FN6O12S/c2*1-5-21-16-37(21,33(49)42-57(52,53)23-9-10-23)41-30(46)27-15-22(54-35(51)43-17-20-7-6-8-25(38)24(20)19-43)18-44(27)32(48)26(40-34(50)56-36(2,3)4)13-14-39-31(47)28-11-12-29(45)55-28/h2*5-8,21-23,26-28H,1,9-19H2,2-4H3,(H,39,47)(H,40,50)(H,41,46)(H,42,49)/t21?,22-,26+,27+,28+,37-;21?,22-,26+,27+,28-,37-/m11/s1. The van der Waals surface area contributed by atoms with E-state index < -0.39 is 208 Å². The first-order chi connectivity index (χ1) is 53.6. The number of sulfonamides is 2. The lowest BCUT2D eigenvalue weighted by atomic mass is 10.1. The predicted molar refractivity (Wildman–Crippen MR) is 390 cm³/mol. The Hall–Kier alpha value is -10.5. The van der Waals surface area contributed by atoms with Gasteiger partial charge in [0.05, 0.1) is 36.7 Å². The van der Waals surface area contributed by atoms with Crippen molar-refractivity contribution in [1.29, 1.82) is 0 Å². The second-order valence-corrected chi connectivity index (χ2v) is 35.8. The molecule has 4 aliphatic carbocycles. The number of amides is 12. The molecule has 0 radical (unpaired) electrons. The molecule has 12 amide bonds. The van der Waals surface area contributed by atoms with E-state index in [2.05, 4.69) is 54.5 Å². The van der Waals surface area contributed by atoms with Crippen LogP contribution >= 0.6 is 0 Å². The van der Waals surface area contributed by atoms with Crippen molar-refractivity contribution in [1.82, 2.24) is 60.9 Å². The van der Waals surface area contributed by atoms with E-state index in [1.807, 2.05) is 0 Å². The Morgan fingerprint density at radius 3 is 1.23 bits per heavy atom. The van der Waals surface area contributed by atoms with Gasteiger partial charge in [0.1, 0.15) is 70.3 Å². The summed E-state index contributed by atoms with van der Waals surface area (Å²) in [5, 5.41) is 14.0. The normalized spacial score (nSPS) is 25.7. The average molecular weight is 1640 g/mol. The van der Waals surface area contributed by atoms with Crippen molar-refractivity contribution in [2.24, 2.45) is 11.8 Å². The first-order valence-corrected chi connectivity index (χ1v) is 40.7. The molecule has 12 atom stereocenters. The van der Waals surface area contributed by atoms with Crippen LogP contribution in [0.25, 0.3) is 0 Å². The number of likely N-dealkylation sites (tertiary alicyclic amines) is 2. The van der Waals surface area contributed by atoms with Gasteiger partial charge >= 0.3 is 36.3 Å². The number of benzene rings is 2. The summed E-state index contributed by atoms with van der Waals surface area (Å²) in [6.45, 7) is 15.9. The molecule has 114 heavy (non-hydrogen) atoms. The Morgan fingerprint density at radius 2 is 0.921 bits per heavy atom. The number of alkyl carbamates (subject to hydrolysis) is 2. The number of fused-ring (bicyclic) bond motifs is 2. The number of carbonyl (C=O) groups excluding carboxylic acids is 14. The highest BCUT2D eigenvalue weighted by Gasteiger charge is 2.64. The second-order valence-electron chi connectivity index (χ2n) is 31.9. The molecule has 12 rings (SSSR count). The zero-order chi connectivity index (χ0) is 82.9. The Morgan fingerprint density at radius 1 is 0.553 bits per heavy atom. The molecule has 0 aromatic heterocycles. The molecule has 4 saturated heterocycles. The van der Waals surface area contributed by atoms with Crippen LogP contribution in [-0.4, -0.2) is 228 Å². The number of halogens is 2. The van der Waals surface area contributed by atoms with Crippen LogP contribution in [0.1, 0.15) is 154 Å². The minimum atomic E-state index is -3.99. The molecule has 0 bridgehead atoms. The maximum Gasteiger partial charge on any atom is 0.410 e. The van der Waals surface area contributed by atoms with E-state index >= 15 is 0 Å². The SMILES string of the molecule is C=CC1C[C@]1(NC(=O)[C@@H]1C[C@@H](OC(=O)N2Cc3cccc(F)c3C2)CN1C(=O)[C@H](CCNC(=O)[C@@H]1CCC(=O)O1)NC(=O)OC(C)(C)C)C(=O)NS(=O)(=O)C1CC1.C=CC1C[C@]1(NC(=O)[C@@H]1C[C@@H](OC(=O)N2Cc3cccc(F)c3C2)CN1C(=O)[C@H](CCNC(=O)[C@H]1CCC(=O)O1)NC(=O)OC(C)(C)C)C(=O)NS(=O)(=O)C1CC1. The van der Waals surface area contributed by atoms with Gasteiger partial charge in [0, 0.05) is 87.7 Å². The van der Waals surface area contributed by atoms with Gasteiger partial charge in [-0.25, -0.2) is 44.8 Å². The summed E-state index contributed by atoms with van der Waals surface area (Å²) in [6.07, 6.45) is -3.94. The quantitative estimate of drug-likeness (QED) is 0.0379. The number of cyclic esters (lactones) is 2. The number of esters is 2. The summed E-state index contributed by atoms with van der Waals surface area (Å²) in [7, 11) is -7.99. The largest absolute Gasteiger partial charge is 0.452 e. The molecule has 6 heterocycles. The number of nitrogens with one attached hydrogen (secondary N) is 8. The number of ether oxygens (including phenoxy) is 6. The summed E-state index contributed by atoms with van der Waals surface area (Å²) < 4.78 is 116. The van der Waals surface area contributed by atoms with E-state index in [-0.39, 0.29) is 117 Å². The maximum atomic E-state index is 14.5. The van der Waals surface area contributed by atoms with Crippen LogP contribution in [0, 0.1) is 23.5 Å². The van der Waals surface area contributed by atoms with Crippen LogP contribution in [-0.2, 0) is 123 Å². The van der Waals surface area contributed by atoms with Gasteiger partial charge in [-0.15, -0.1) is 13.2 Å². The van der Waals surface area contributed by atoms with Crippen LogP contribution < -0.4 is 41.3 Å². The lowest BCUT2D eigenvalue weighted by Gasteiger charge is -2.30. The Bertz CT molecular complexity index is 4210. The molecule has 2 unspecified atom stereocenters. The highest BCUT2D eigenvalue weighted by molar-refractivity contribution is 7.91. The van der Waals surface area contributed by atoms with Crippen molar-refractivity contribution >= 4 is 104 Å². The first-order valence-electron chi connectivity index (χ1n) is 37.6. The van der Waals surface area contributed by atoms with Gasteiger partial charge in [0.25, 0.3) is 23.6 Å². The molecule has 36 nitrogen and oxygen atoms in total. The zero-order valence-electron chi connectivity index (χ0n) is 63.7. The van der Waals surface area contributed by atoms with E-state index in [4.69, 9.17) is 28.4 Å². The molecule has 2 aromatic rings. The van der Waals surface area contributed by atoms with Gasteiger partial charge in [-0.05, 0) is 116 Å². The Balaban J connectivity index is 0.000000225. The number of nitrogens with zero attached hydrogens (tertiary/aromatic N) is 4. The second kappa shape index (κ2) is 33.5. The van der Waals surface area contributed by atoms with Crippen LogP contribution in [0.4, 0.5) is 28.0 Å². The molecule has 2 aromatic carbocycles. The Kier molecular flexibility index (Phi) is 24.8. The number of hydrogen-bond donors (Lipinski definition) is 8. The molecule has 40 heteroatoms. The molecule has 10 aliphatic rings. The third-order valence-corrected chi connectivity index (χ3v) is 24.5. The molecular formula is C74H94F2N12O24S2. The summed E-state index contributed by atoms with van der Waals surface area (Å²) >= 11 is 0. The smallest absolute Gasteiger partial charge is 0.410 e. The van der Waals surface area contributed by atoms with Crippen LogP contribution in [0.2, 0.25) is 0 Å². The summed E-state index contributed by atoms with van der Waals surface area (Å²) in [4.78, 5) is 190. The highest BCUT2D eigenvalue weighted by Crippen LogP contribution is 2.47. The average Bonchev–Trinajstić information content (AvgIpc) is 1.58. The minimum absolute atomic E-state index is 0.0260. The monoisotopic (exact) mass is 1640 g/mol. The fourth-order valence-electron chi connectivity index (χ4n) is 14.4. The third kappa shape index (κ3) is 20.1. The maximum absolute atomic E-state index is 14.5. The van der Waals surface area contributed by atoms with Gasteiger partial charge in [0.2, 0.25) is 43.7 Å². The predicted octanol–water partition coefficient (Wildman–Crippen LogP) is 2.04. The van der Waals surface area contributed by atoms with E-state index in [0.29, 0.717) is 47.9 Å². The van der Waals surface area contributed by atoms with Gasteiger partial charge in [-0.2, -0.15) is 0 Å². The van der Waals surface area contributed by atoms with E-state index in [1.165, 1.54) is 46.2 Å². The van der Waals surface area contributed by atoms with Crippen molar-refractivity contribution in [2.45, 2.75) is 239 Å². The Labute approximate surface area is 655 Å². The first kappa shape index (κ1) is 84.4. The van der Waals surface area contributed by atoms with Crippen molar-refractivity contribution in [3.8, 4) is 0 Å². The van der Waals surface area contributed by atoms with Gasteiger partial charge in [-0.3, -0.25) is 67.2 Å². The molecule has 620 valence electrons. The lowest BCUT2D eigenvalue weighted by molar-refractivity contribution is -0.148. The fraction of sp³-hybridized carbons (Fsp3) is 0.595. The van der Waals surface area contributed by atoms with Gasteiger partial charge < -0.3 is 70.1 Å². The van der Waals surface area contributed by atoms with Gasteiger partial charge in [0.15, 0.2) is 12.2 Å². The van der Waals surface area contributed by atoms with Crippen molar-refractivity contribution in [2.75, 3.05) is 26.2 Å². The topological polar surface area (TPSA) is 472 Å². The van der Waals surface area contributed by atoms with E-state index in [9.17, 15) is 92.7 Å². The van der Waals surface area contributed by atoms with Crippen molar-refractivity contribution in [3.63, 3.8) is 0 Å². The molecule has 6 aliphatic heterocycles. The van der Waals surface area contributed by atoms with Gasteiger partial charge in [-0.1, -0.05) is 36.4 Å². The summed E-state index contributed by atoms with van der Waals surface area (Å²) in [5.41, 5.74) is -3.49. The van der Waals surface area contributed by atoms with Crippen LogP contribution in [0.3, 0.4) is 0 Å². The van der Waals surface area contributed by atoms with E-state index in [0.717, 1.165) is 9.80 Å². The molecule has 8 N–H and O–H groups in total. The zero-order valence-corrected chi connectivity index (χ0v) is 65.3. The molecular weight excluding hydrogens is 1540 g/mol. The summed E-state index contributed by atoms with van der Waals surface area (Å²) in [5.74, 6) is -9.83. The lowest BCUT2D eigenvalue weighted by Crippen LogP contribution is -2.58. The fourth-order valence-corrected chi connectivity index (χ4v) is 17.1. The van der Waals surface area contributed by atoms with E-state index in [1.54, 1.807) is 53.7 Å². The third-order valence-electron chi connectivity index (χ3n) is 20.9. The van der Waals surface area contributed by atoms with Crippen LogP contribution in [0.15, 0.2) is 61.7 Å².